The van der Waals surface area contributed by atoms with Crippen molar-refractivity contribution in [1.29, 1.82) is 0 Å². The van der Waals surface area contributed by atoms with Gasteiger partial charge in [-0.25, -0.2) is 0 Å². The van der Waals surface area contributed by atoms with Crippen molar-refractivity contribution >= 4 is 0 Å². The first kappa shape index (κ1) is 8.34. The van der Waals surface area contributed by atoms with E-state index in [-0.39, 0.29) is 0 Å². The van der Waals surface area contributed by atoms with Gasteiger partial charge in [0.25, 0.3) is 0 Å². The predicted octanol–water partition coefficient (Wildman–Crippen LogP) is 1.90. The maximum Gasteiger partial charge on any atom is 0.0357 e. The normalized spacial score (nSPS) is 10.3. The lowest BCUT2D eigenvalue weighted by Gasteiger charge is -2.00. The summed E-state index contributed by atoms with van der Waals surface area (Å²) in [7, 11) is 0. The maximum absolute atomic E-state index is 3.36. The van der Waals surface area contributed by atoms with Crippen LogP contribution in [-0.2, 0) is 6.54 Å². The van der Waals surface area contributed by atoms with Crippen LogP contribution in [0.25, 0.3) is 0 Å². The zero-order valence-electron chi connectivity index (χ0n) is 7.06. The Kier molecular flexibility index (Phi) is 3.76. The molecule has 0 saturated carbocycles. The van der Waals surface area contributed by atoms with E-state index >= 15 is 0 Å². The molecule has 2 nitrogen and oxygen atoms in total. The highest BCUT2D eigenvalue weighted by molar-refractivity contribution is 5.02. The molecule has 0 aromatic carbocycles. The summed E-state index contributed by atoms with van der Waals surface area (Å²) in [6.45, 7) is 4.29. The highest BCUT2D eigenvalue weighted by Gasteiger charge is 1.89. The highest BCUT2D eigenvalue weighted by Crippen LogP contribution is 1.92. The fourth-order valence-corrected chi connectivity index (χ4v) is 1.00. The van der Waals surface area contributed by atoms with E-state index in [1.807, 2.05) is 12.3 Å². The van der Waals surface area contributed by atoms with Gasteiger partial charge in [-0.05, 0) is 25.1 Å². The fourth-order valence-electron chi connectivity index (χ4n) is 1.00. The predicted molar refractivity (Wildman–Crippen MR) is 47.4 cm³/mol. The van der Waals surface area contributed by atoms with Crippen molar-refractivity contribution in [1.82, 2.24) is 10.3 Å². The summed E-state index contributed by atoms with van der Waals surface area (Å²) in [5, 5.41) is 3.36. The molecule has 0 aliphatic heterocycles. The van der Waals surface area contributed by atoms with E-state index < -0.39 is 0 Å². The molecule has 0 spiro atoms. The summed E-state index contributed by atoms with van der Waals surface area (Å²) in [5.74, 6) is 0. The van der Waals surface area contributed by atoms with E-state index in [1.165, 1.54) is 18.5 Å². The number of hydrogen-bond donors (Lipinski definition) is 2. The second-order valence-corrected chi connectivity index (χ2v) is 2.73. The first-order valence-electron chi connectivity index (χ1n) is 4.26. The second kappa shape index (κ2) is 4.97. The summed E-state index contributed by atoms with van der Waals surface area (Å²) >= 11 is 0. The standard InChI is InChI=1S/C9H16N2/c1-2-3-6-10-8-9-5-4-7-11-9/h4-5,7,10-11H,2-3,6,8H2,1H3. The van der Waals surface area contributed by atoms with Gasteiger partial charge in [0.15, 0.2) is 0 Å². The molecule has 2 heteroatoms. The Morgan fingerprint density at radius 3 is 3.09 bits per heavy atom. The van der Waals surface area contributed by atoms with Crippen molar-refractivity contribution in [2.75, 3.05) is 6.54 Å². The lowest BCUT2D eigenvalue weighted by atomic mass is 10.3. The molecular formula is C9H16N2. The minimum Gasteiger partial charge on any atom is -0.364 e. The average Bonchev–Trinajstić information content (AvgIpc) is 2.50. The zero-order valence-corrected chi connectivity index (χ0v) is 7.06. The lowest BCUT2D eigenvalue weighted by Crippen LogP contribution is -2.14. The van der Waals surface area contributed by atoms with E-state index in [2.05, 4.69) is 23.3 Å². The van der Waals surface area contributed by atoms with Crippen LogP contribution in [0.5, 0.6) is 0 Å². The molecule has 1 aromatic heterocycles. The number of unbranched alkanes of at least 4 members (excludes halogenated alkanes) is 1. The van der Waals surface area contributed by atoms with E-state index in [1.54, 1.807) is 0 Å². The van der Waals surface area contributed by atoms with E-state index in [9.17, 15) is 0 Å². The zero-order chi connectivity index (χ0) is 7.94. The van der Waals surface area contributed by atoms with Gasteiger partial charge in [0.1, 0.15) is 0 Å². The SMILES string of the molecule is CCCCNCc1ccc[nH]1. The van der Waals surface area contributed by atoms with Crippen molar-refractivity contribution in [3.05, 3.63) is 24.0 Å². The summed E-state index contributed by atoms with van der Waals surface area (Å²) in [6.07, 6.45) is 4.48. The number of H-pyrrole nitrogens is 1. The van der Waals surface area contributed by atoms with Gasteiger partial charge in [-0.1, -0.05) is 13.3 Å². The topological polar surface area (TPSA) is 27.8 Å². The third-order valence-electron chi connectivity index (χ3n) is 1.68. The molecule has 0 radical (unpaired) electrons. The Hall–Kier alpha value is -0.760. The van der Waals surface area contributed by atoms with Gasteiger partial charge in [0.2, 0.25) is 0 Å². The Bertz CT molecular complexity index is 168. The first-order valence-corrected chi connectivity index (χ1v) is 4.26. The Morgan fingerprint density at radius 2 is 2.45 bits per heavy atom. The van der Waals surface area contributed by atoms with Crippen LogP contribution in [0.4, 0.5) is 0 Å². The highest BCUT2D eigenvalue weighted by atomic mass is 14.9. The second-order valence-electron chi connectivity index (χ2n) is 2.73. The number of aromatic amines is 1. The smallest absolute Gasteiger partial charge is 0.0357 e. The molecule has 0 aliphatic rings. The van der Waals surface area contributed by atoms with Gasteiger partial charge in [-0.15, -0.1) is 0 Å². The van der Waals surface area contributed by atoms with Crippen LogP contribution < -0.4 is 5.32 Å². The molecule has 1 rings (SSSR count). The maximum atomic E-state index is 3.36. The number of hydrogen-bond acceptors (Lipinski definition) is 1. The Labute approximate surface area is 68.0 Å². The van der Waals surface area contributed by atoms with Gasteiger partial charge in [0.05, 0.1) is 0 Å². The third-order valence-corrected chi connectivity index (χ3v) is 1.68. The molecule has 0 bridgehead atoms. The van der Waals surface area contributed by atoms with Crippen LogP contribution in [0.15, 0.2) is 18.3 Å². The summed E-state index contributed by atoms with van der Waals surface area (Å²) in [6, 6.07) is 4.12. The van der Waals surface area contributed by atoms with Crippen molar-refractivity contribution in [2.24, 2.45) is 0 Å². The monoisotopic (exact) mass is 152 g/mol. The largest absolute Gasteiger partial charge is 0.364 e. The third kappa shape index (κ3) is 3.23. The molecule has 62 valence electrons. The van der Waals surface area contributed by atoms with E-state index in [0.717, 1.165) is 13.1 Å². The summed E-state index contributed by atoms with van der Waals surface area (Å²) in [5.41, 5.74) is 1.26. The van der Waals surface area contributed by atoms with Crippen molar-refractivity contribution < 1.29 is 0 Å². The van der Waals surface area contributed by atoms with Crippen LogP contribution in [0, 0.1) is 0 Å². The molecule has 0 amide bonds. The Morgan fingerprint density at radius 1 is 1.55 bits per heavy atom. The van der Waals surface area contributed by atoms with Crippen molar-refractivity contribution in [3.63, 3.8) is 0 Å². The molecule has 2 N–H and O–H groups in total. The average molecular weight is 152 g/mol. The number of nitrogens with one attached hydrogen (secondary N) is 2. The van der Waals surface area contributed by atoms with Crippen molar-refractivity contribution in [3.8, 4) is 0 Å². The van der Waals surface area contributed by atoms with Gasteiger partial charge in [-0.3, -0.25) is 0 Å². The van der Waals surface area contributed by atoms with E-state index in [0.29, 0.717) is 0 Å². The fraction of sp³-hybridized carbons (Fsp3) is 0.556. The van der Waals surface area contributed by atoms with Crippen LogP contribution >= 0.6 is 0 Å². The molecule has 0 aliphatic carbocycles. The minimum atomic E-state index is 0.965. The molecule has 0 atom stereocenters. The van der Waals surface area contributed by atoms with Gasteiger partial charge < -0.3 is 10.3 Å². The van der Waals surface area contributed by atoms with Crippen LogP contribution in [0.1, 0.15) is 25.5 Å². The number of aromatic nitrogens is 1. The molecule has 11 heavy (non-hydrogen) atoms. The molecule has 0 fully saturated rings. The van der Waals surface area contributed by atoms with Crippen LogP contribution in [0.2, 0.25) is 0 Å². The lowest BCUT2D eigenvalue weighted by molar-refractivity contribution is 0.635. The summed E-state index contributed by atoms with van der Waals surface area (Å²) < 4.78 is 0. The minimum absolute atomic E-state index is 0.965. The molecule has 1 aromatic rings. The van der Waals surface area contributed by atoms with Crippen molar-refractivity contribution in [2.45, 2.75) is 26.3 Å². The Balaban J connectivity index is 2.04. The van der Waals surface area contributed by atoms with Gasteiger partial charge in [-0.2, -0.15) is 0 Å². The van der Waals surface area contributed by atoms with E-state index in [4.69, 9.17) is 0 Å². The quantitative estimate of drug-likeness (QED) is 0.620. The van der Waals surface area contributed by atoms with Crippen LogP contribution in [0.3, 0.4) is 0 Å². The first-order chi connectivity index (χ1) is 5.43. The number of rotatable bonds is 5. The molecule has 0 unspecified atom stereocenters. The molecule has 1 heterocycles. The van der Waals surface area contributed by atoms with Crippen LogP contribution in [-0.4, -0.2) is 11.5 Å². The summed E-state index contributed by atoms with van der Waals surface area (Å²) in [4.78, 5) is 3.15. The van der Waals surface area contributed by atoms with Gasteiger partial charge in [0, 0.05) is 18.4 Å². The van der Waals surface area contributed by atoms with Gasteiger partial charge >= 0.3 is 0 Å². The molecule has 0 saturated heterocycles. The molecular weight excluding hydrogens is 136 g/mol.